The molecule has 0 unspecified atom stereocenters. The summed E-state index contributed by atoms with van der Waals surface area (Å²) in [6.07, 6.45) is 1.60. The van der Waals surface area contributed by atoms with E-state index in [1.807, 2.05) is 30.3 Å². The molecule has 1 heterocycles. The zero-order valence-corrected chi connectivity index (χ0v) is 21.1. The summed E-state index contributed by atoms with van der Waals surface area (Å²) in [7, 11) is 1.56. The summed E-state index contributed by atoms with van der Waals surface area (Å²) in [5.41, 5.74) is 2.26. The summed E-state index contributed by atoms with van der Waals surface area (Å²) in [6, 6.07) is 17.4. The third kappa shape index (κ3) is 5.29. The molecule has 0 radical (unpaired) electrons. The zero-order valence-electron chi connectivity index (χ0n) is 16.8. The summed E-state index contributed by atoms with van der Waals surface area (Å²) in [4.78, 5) is 16.5. The highest BCUT2D eigenvalue weighted by Crippen LogP contribution is 2.35. The van der Waals surface area contributed by atoms with E-state index in [2.05, 4.69) is 50.2 Å². The molecule has 0 N–H and O–H groups in total. The van der Waals surface area contributed by atoms with Crippen LogP contribution in [0.25, 0.3) is 6.08 Å². The summed E-state index contributed by atoms with van der Waals surface area (Å²) in [6.45, 7) is 0.400. The first-order chi connectivity index (χ1) is 15.4. The van der Waals surface area contributed by atoms with Crippen LogP contribution < -0.4 is 9.47 Å². The molecule has 3 aromatic carbocycles. The highest BCUT2D eigenvalue weighted by Gasteiger charge is 2.24. The number of hydrogen-bond donors (Lipinski definition) is 0. The molecular formula is C24H16FI2NO4. The Morgan fingerprint density at radius 3 is 2.59 bits per heavy atom. The number of hydrogen-bond acceptors (Lipinski definition) is 5. The summed E-state index contributed by atoms with van der Waals surface area (Å²) in [5.74, 6) is 0.192. The van der Waals surface area contributed by atoms with Gasteiger partial charge in [0.15, 0.2) is 17.2 Å². The van der Waals surface area contributed by atoms with Gasteiger partial charge in [0.05, 0.1) is 10.7 Å². The molecule has 0 aliphatic carbocycles. The van der Waals surface area contributed by atoms with Crippen molar-refractivity contribution in [3.8, 4) is 11.5 Å². The highest BCUT2D eigenvalue weighted by molar-refractivity contribution is 14.1. The van der Waals surface area contributed by atoms with Gasteiger partial charge in [0, 0.05) is 9.13 Å². The van der Waals surface area contributed by atoms with Gasteiger partial charge in [-0.2, -0.15) is 0 Å². The third-order valence-corrected chi connectivity index (χ3v) is 6.06. The summed E-state index contributed by atoms with van der Waals surface area (Å²) < 4.78 is 32.2. The number of rotatable bonds is 6. The molecule has 32 heavy (non-hydrogen) atoms. The Morgan fingerprint density at radius 2 is 1.88 bits per heavy atom. The fourth-order valence-corrected chi connectivity index (χ4v) is 4.15. The average Bonchev–Trinajstić information content (AvgIpc) is 3.14. The number of ether oxygens (including phenoxy) is 3. The van der Waals surface area contributed by atoms with Crippen LogP contribution >= 0.6 is 45.2 Å². The van der Waals surface area contributed by atoms with Crippen molar-refractivity contribution in [2.45, 2.75) is 6.61 Å². The standard InChI is InChI=1S/C24H16FI2NO4/c1-30-21-11-15(9-19(27)22(21)31-13-14-5-7-18(26)8-6-14)10-20-24(29)32-23(28-20)16-3-2-4-17(25)12-16/h2-12H,13H2,1H3/b20-10-. The fraction of sp³-hybridized carbons (Fsp3) is 0.0833. The number of carbonyl (C=O) groups is 1. The van der Waals surface area contributed by atoms with Crippen LogP contribution in [0.2, 0.25) is 0 Å². The van der Waals surface area contributed by atoms with Gasteiger partial charge < -0.3 is 14.2 Å². The Labute approximate surface area is 211 Å². The van der Waals surface area contributed by atoms with Crippen LogP contribution in [0.5, 0.6) is 11.5 Å². The van der Waals surface area contributed by atoms with Crippen molar-refractivity contribution < 1.29 is 23.4 Å². The second-order valence-electron chi connectivity index (χ2n) is 6.80. The van der Waals surface area contributed by atoms with E-state index in [9.17, 15) is 9.18 Å². The van der Waals surface area contributed by atoms with E-state index in [4.69, 9.17) is 14.2 Å². The largest absolute Gasteiger partial charge is 0.493 e. The number of carbonyl (C=O) groups excluding carboxylic acids is 1. The van der Waals surface area contributed by atoms with Crippen LogP contribution in [0.1, 0.15) is 16.7 Å². The normalized spacial score (nSPS) is 14.3. The van der Waals surface area contributed by atoms with Gasteiger partial charge in [0.25, 0.3) is 0 Å². The maximum atomic E-state index is 13.5. The molecule has 162 valence electrons. The van der Waals surface area contributed by atoms with Gasteiger partial charge in [-0.1, -0.05) is 18.2 Å². The highest BCUT2D eigenvalue weighted by atomic mass is 127. The van der Waals surface area contributed by atoms with Crippen LogP contribution in [0, 0.1) is 13.0 Å². The van der Waals surface area contributed by atoms with Crippen molar-refractivity contribution in [2.75, 3.05) is 7.11 Å². The Hall–Kier alpha value is -2.47. The van der Waals surface area contributed by atoms with Crippen molar-refractivity contribution in [1.29, 1.82) is 0 Å². The van der Waals surface area contributed by atoms with E-state index in [-0.39, 0.29) is 11.6 Å². The third-order valence-electron chi connectivity index (χ3n) is 4.54. The average molecular weight is 655 g/mol. The van der Waals surface area contributed by atoms with E-state index < -0.39 is 11.8 Å². The molecule has 1 aliphatic heterocycles. The predicted molar refractivity (Wildman–Crippen MR) is 136 cm³/mol. The van der Waals surface area contributed by atoms with Gasteiger partial charge in [0.2, 0.25) is 5.90 Å². The zero-order chi connectivity index (χ0) is 22.7. The second kappa shape index (κ2) is 9.99. The molecular weight excluding hydrogens is 639 g/mol. The Morgan fingerprint density at radius 1 is 1.09 bits per heavy atom. The molecule has 0 aromatic heterocycles. The summed E-state index contributed by atoms with van der Waals surface area (Å²) >= 11 is 4.42. The molecule has 1 aliphatic rings. The Balaban J connectivity index is 1.59. The minimum atomic E-state index is -0.600. The van der Waals surface area contributed by atoms with Crippen LogP contribution in [0.4, 0.5) is 4.39 Å². The molecule has 0 fully saturated rings. The minimum Gasteiger partial charge on any atom is -0.493 e. The SMILES string of the molecule is COc1cc(/C=C2\N=C(c3cccc(F)c3)OC2=O)cc(I)c1OCc1ccc(I)cc1. The molecule has 0 spiro atoms. The lowest BCUT2D eigenvalue weighted by Gasteiger charge is -2.14. The van der Waals surface area contributed by atoms with E-state index >= 15 is 0 Å². The lowest BCUT2D eigenvalue weighted by atomic mass is 10.1. The smallest absolute Gasteiger partial charge is 0.363 e. The van der Waals surface area contributed by atoms with E-state index in [1.165, 1.54) is 18.2 Å². The first-order valence-electron chi connectivity index (χ1n) is 9.46. The fourth-order valence-electron chi connectivity index (χ4n) is 3.01. The Bertz CT molecular complexity index is 1240. The number of methoxy groups -OCH3 is 1. The number of benzene rings is 3. The van der Waals surface area contributed by atoms with Crippen LogP contribution in [-0.2, 0) is 16.1 Å². The van der Waals surface area contributed by atoms with Crippen LogP contribution in [0.15, 0.2) is 71.4 Å². The maximum absolute atomic E-state index is 13.5. The number of aliphatic imine (C=N–C) groups is 1. The lowest BCUT2D eigenvalue weighted by Crippen LogP contribution is -2.05. The first-order valence-corrected chi connectivity index (χ1v) is 11.6. The first kappa shape index (κ1) is 22.7. The molecule has 0 saturated carbocycles. The van der Waals surface area contributed by atoms with Gasteiger partial charge in [-0.15, -0.1) is 0 Å². The lowest BCUT2D eigenvalue weighted by molar-refractivity contribution is -0.129. The molecule has 4 rings (SSSR count). The van der Waals surface area contributed by atoms with Crippen molar-refractivity contribution in [3.05, 3.63) is 96.0 Å². The number of cyclic esters (lactones) is 1. The van der Waals surface area contributed by atoms with Gasteiger partial charge in [-0.05, 0) is 105 Å². The summed E-state index contributed by atoms with van der Waals surface area (Å²) in [5, 5.41) is 0. The molecule has 0 saturated heterocycles. The van der Waals surface area contributed by atoms with Crippen LogP contribution in [-0.4, -0.2) is 19.0 Å². The van der Waals surface area contributed by atoms with Gasteiger partial charge in [-0.3, -0.25) is 0 Å². The van der Waals surface area contributed by atoms with Gasteiger partial charge >= 0.3 is 5.97 Å². The van der Waals surface area contributed by atoms with Gasteiger partial charge in [0.1, 0.15) is 12.4 Å². The second-order valence-corrected chi connectivity index (χ2v) is 9.20. The topological polar surface area (TPSA) is 57.1 Å². The van der Waals surface area contributed by atoms with E-state index in [0.717, 1.165) is 12.7 Å². The van der Waals surface area contributed by atoms with Crippen molar-refractivity contribution >= 4 is 63.1 Å². The quantitative estimate of drug-likeness (QED) is 0.187. The molecule has 5 nitrogen and oxygen atoms in total. The van der Waals surface area contributed by atoms with Crippen molar-refractivity contribution in [1.82, 2.24) is 0 Å². The number of halogens is 3. The maximum Gasteiger partial charge on any atom is 0.363 e. The molecule has 8 heteroatoms. The number of esters is 1. The molecule has 3 aromatic rings. The predicted octanol–water partition coefficient (Wildman–Crippen LogP) is 5.97. The Kier molecular flexibility index (Phi) is 7.09. The minimum absolute atomic E-state index is 0.0693. The van der Waals surface area contributed by atoms with E-state index in [0.29, 0.717) is 29.2 Å². The molecule has 0 bridgehead atoms. The number of nitrogens with zero attached hydrogens (tertiary/aromatic N) is 1. The van der Waals surface area contributed by atoms with Crippen LogP contribution in [0.3, 0.4) is 0 Å². The van der Waals surface area contributed by atoms with Gasteiger partial charge in [-0.25, -0.2) is 14.2 Å². The molecule has 0 amide bonds. The van der Waals surface area contributed by atoms with Crippen molar-refractivity contribution in [3.63, 3.8) is 0 Å². The monoisotopic (exact) mass is 655 g/mol. The van der Waals surface area contributed by atoms with Crippen molar-refractivity contribution in [2.24, 2.45) is 4.99 Å². The molecule has 0 atom stereocenters. The van der Waals surface area contributed by atoms with E-state index in [1.54, 1.807) is 25.3 Å².